The molecule has 1 aliphatic heterocycles. The average Bonchev–Trinajstić information content (AvgIpc) is 3.46. The number of nitrogens with two attached hydrogens (primary N) is 1. The number of ether oxygens (including phenoxy) is 5. The van der Waals surface area contributed by atoms with Crippen LogP contribution in [0.15, 0.2) is 91.1 Å². The van der Waals surface area contributed by atoms with E-state index >= 15 is 0 Å². The Labute approximate surface area is 254 Å². The van der Waals surface area contributed by atoms with Crippen molar-refractivity contribution in [2.45, 2.75) is 69.6 Å². The normalized spacial score (nSPS) is 22.2. The number of aromatic nitrogens is 1. The Bertz CT molecular complexity index is 1330. The van der Waals surface area contributed by atoms with Crippen LogP contribution in [0, 0.1) is 0 Å². The molecule has 0 aliphatic carbocycles. The Morgan fingerprint density at radius 1 is 0.744 bits per heavy atom. The quantitative estimate of drug-likeness (QED) is 0.147. The molecule has 1 aromatic heterocycles. The van der Waals surface area contributed by atoms with Crippen LogP contribution in [0.1, 0.15) is 36.0 Å². The number of aliphatic hydroxyl groups is 1. The summed E-state index contributed by atoms with van der Waals surface area (Å²) in [7, 11) is 0. The van der Waals surface area contributed by atoms with Crippen LogP contribution in [-0.4, -0.2) is 67.2 Å². The summed E-state index contributed by atoms with van der Waals surface area (Å²) >= 11 is 0. The monoisotopic (exact) mass is 588 g/mol. The average molecular weight is 589 g/mol. The Morgan fingerprint density at radius 3 is 2.14 bits per heavy atom. The van der Waals surface area contributed by atoms with E-state index in [-0.39, 0.29) is 6.61 Å². The predicted molar refractivity (Wildman–Crippen MR) is 166 cm³/mol. The molecular formula is C35H44N2O6. The number of fused-ring (bicyclic) bond motifs is 1. The smallest absolute Gasteiger partial charge is 0.186 e. The van der Waals surface area contributed by atoms with E-state index in [0.717, 1.165) is 35.9 Å². The Kier molecular flexibility index (Phi) is 12.2. The minimum atomic E-state index is -0.970. The molecule has 0 saturated carbocycles. The molecule has 0 unspecified atom stereocenters. The molecule has 8 heteroatoms. The standard InChI is InChI=1S/C35H44N2O6/c36-19-10-3-11-20-39-25-31-32(38)33(41-23-26-12-4-1-5-13-26)34(42-24-27-14-6-2-7-15-27)35(43-31)40-21-18-28-22-37-30-17-9-8-16-29(28)30/h1-2,4-9,12-17,22,31-35,37-38H,3,10-11,18-21,23-25,36H2/t31-,32-,33+,34-,35-/m1/s1. The second kappa shape index (κ2) is 16.7. The first-order chi connectivity index (χ1) is 21.2. The molecule has 0 bridgehead atoms. The molecule has 8 nitrogen and oxygen atoms in total. The molecule has 230 valence electrons. The highest BCUT2D eigenvalue weighted by atomic mass is 16.7. The van der Waals surface area contributed by atoms with Crippen molar-refractivity contribution in [3.8, 4) is 0 Å². The van der Waals surface area contributed by atoms with Crippen molar-refractivity contribution < 1.29 is 28.8 Å². The first kappa shape index (κ1) is 31.3. The number of H-pyrrole nitrogens is 1. The largest absolute Gasteiger partial charge is 0.387 e. The molecule has 3 aromatic carbocycles. The number of hydrogen-bond donors (Lipinski definition) is 3. The highest BCUT2D eigenvalue weighted by Gasteiger charge is 2.47. The van der Waals surface area contributed by atoms with Crippen LogP contribution in [0.25, 0.3) is 10.9 Å². The van der Waals surface area contributed by atoms with Crippen molar-refractivity contribution >= 4 is 10.9 Å². The predicted octanol–water partition coefficient (Wildman–Crippen LogP) is 5.13. The summed E-state index contributed by atoms with van der Waals surface area (Å²) < 4.78 is 31.6. The van der Waals surface area contributed by atoms with Gasteiger partial charge in [-0.15, -0.1) is 0 Å². The van der Waals surface area contributed by atoms with Gasteiger partial charge in [-0.05, 0) is 55.0 Å². The van der Waals surface area contributed by atoms with Gasteiger partial charge >= 0.3 is 0 Å². The molecule has 1 fully saturated rings. The Balaban J connectivity index is 1.31. The lowest BCUT2D eigenvalue weighted by Gasteiger charge is -2.44. The Hall–Kier alpha value is -3.08. The van der Waals surface area contributed by atoms with Crippen LogP contribution in [0.2, 0.25) is 0 Å². The summed E-state index contributed by atoms with van der Waals surface area (Å²) in [5.41, 5.74) is 9.90. The molecule has 2 heterocycles. The third-order valence-electron chi connectivity index (χ3n) is 7.79. The minimum Gasteiger partial charge on any atom is -0.387 e. The van der Waals surface area contributed by atoms with E-state index in [2.05, 4.69) is 17.1 Å². The van der Waals surface area contributed by atoms with Gasteiger partial charge in [0.05, 0.1) is 26.4 Å². The number of benzene rings is 3. The van der Waals surface area contributed by atoms with E-state index in [9.17, 15) is 5.11 Å². The molecular weight excluding hydrogens is 544 g/mol. The number of aliphatic hydroxyl groups excluding tert-OH is 1. The van der Waals surface area contributed by atoms with E-state index in [1.165, 1.54) is 10.9 Å². The van der Waals surface area contributed by atoms with Gasteiger partial charge in [0.1, 0.15) is 24.4 Å². The summed E-state index contributed by atoms with van der Waals surface area (Å²) in [5.74, 6) is 0. The molecule has 4 N–H and O–H groups in total. The van der Waals surface area contributed by atoms with Crippen molar-refractivity contribution in [3.05, 3.63) is 108 Å². The van der Waals surface area contributed by atoms with Gasteiger partial charge in [0, 0.05) is 23.7 Å². The fraction of sp³-hybridized carbons (Fsp3) is 0.429. The summed E-state index contributed by atoms with van der Waals surface area (Å²) in [6, 6.07) is 28.1. The molecule has 1 saturated heterocycles. The zero-order chi connectivity index (χ0) is 29.7. The van der Waals surface area contributed by atoms with Gasteiger partial charge in [-0.3, -0.25) is 0 Å². The van der Waals surface area contributed by atoms with Gasteiger partial charge in [0.15, 0.2) is 6.29 Å². The number of para-hydroxylation sites is 1. The van der Waals surface area contributed by atoms with Gasteiger partial charge < -0.3 is 39.5 Å². The fourth-order valence-electron chi connectivity index (χ4n) is 5.41. The third kappa shape index (κ3) is 8.97. The number of hydrogen-bond acceptors (Lipinski definition) is 7. The van der Waals surface area contributed by atoms with Crippen molar-refractivity contribution in [2.75, 3.05) is 26.4 Å². The maximum atomic E-state index is 11.5. The molecule has 1 aliphatic rings. The molecule has 5 rings (SSSR count). The molecule has 0 amide bonds. The zero-order valence-electron chi connectivity index (χ0n) is 24.7. The van der Waals surface area contributed by atoms with Gasteiger partial charge in [-0.1, -0.05) is 78.9 Å². The third-order valence-corrected chi connectivity index (χ3v) is 7.79. The van der Waals surface area contributed by atoms with E-state index in [4.69, 9.17) is 29.4 Å². The maximum absolute atomic E-state index is 11.5. The summed E-state index contributed by atoms with van der Waals surface area (Å²) in [6.45, 7) is 2.53. The number of aromatic amines is 1. The SMILES string of the molecule is NCCCCCOC[C@H]1O[C@@H](OCCc2c[nH]c3ccccc23)[C@H](OCc2ccccc2)[C@@H](OCc2ccccc2)[C@@H]1O. The van der Waals surface area contributed by atoms with Gasteiger partial charge in [-0.25, -0.2) is 0 Å². The van der Waals surface area contributed by atoms with Gasteiger partial charge in [0.25, 0.3) is 0 Å². The van der Waals surface area contributed by atoms with E-state index in [1.54, 1.807) is 0 Å². The summed E-state index contributed by atoms with van der Waals surface area (Å²) in [4.78, 5) is 3.33. The Morgan fingerprint density at radius 2 is 1.42 bits per heavy atom. The van der Waals surface area contributed by atoms with Crippen LogP contribution in [0.3, 0.4) is 0 Å². The molecule has 0 spiro atoms. The zero-order valence-corrected chi connectivity index (χ0v) is 24.7. The molecule has 4 aromatic rings. The van der Waals surface area contributed by atoms with E-state index in [1.807, 2.05) is 79.0 Å². The second-order valence-electron chi connectivity index (χ2n) is 11.0. The lowest BCUT2D eigenvalue weighted by Crippen LogP contribution is -2.61. The second-order valence-corrected chi connectivity index (χ2v) is 11.0. The van der Waals surface area contributed by atoms with Crippen LogP contribution in [0.5, 0.6) is 0 Å². The summed E-state index contributed by atoms with van der Waals surface area (Å²) in [6.07, 6.45) is 1.86. The molecule has 0 radical (unpaired) electrons. The lowest BCUT2D eigenvalue weighted by atomic mass is 9.98. The number of nitrogens with one attached hydrogen (secondary N) is 1. The van der Waals surface area contributed by atoms with E-state index < -0.39 is 30.7 Å². The van der Waals surface area contributed by atoms with Gasteiger partial charge in [-0.2, -0.15) is 0 Å². The maximum Gasteiger partial charge on any atom is 0.186 e. The number of rotatable bonds is 17. The van der Waals surface area contributed by atoms with Crippen LogP contribution in [-0.2, 0) is 43.3 Å². The van der Waals surface area contributed by atoms with Gasteiger partial charge in [0.2, 0.25) is 0 Å². The molecule has 43 heavy (non-hydrogen) atoms. The summed E-state index contributed by atoms with van der Waals surface area (Å²) in [5, 5.41) is 12.7. The first-order valence-electron chi connectivity index (χ1n) is 15.3. The van der Waals surface area contributed by atoms with Crippen molar-refractivity contribution in [2.24, 2.45) is 5.73 Å². The van der Waals surface area contributed by atoms with Crippen LogP contribution >= 0.6 is 0 Å². The first-order valence-corrected chi connectivity index (χ1v) is 15.3. The van der Waals surface area contributed by atoms with Crippen molar-refractivity contribution in [3.63, 3.8) is 0 Å². The molecule has 5 atom stereocenters. The van der Waals surface area contributed by atoms with Crippen LogP contribution in [0.4, 0.5) is 0 Å². The van der Waals surface area contributed by atoms with Crippen LogP contribution < -0.4 is 5.73 Å². The minimum absolute atomic E-state index is 0.225. The number of unbranched alkanes of at least 4 members (excludes halogenated alkanes) is 2. The fourth-order valence-corrected chi connectivity index (χ4v) is 5.41. The highest BCUT2D eigenvalue weighted by Crippen LogP contribution is 2.29. The van der Waals surface area contributed by atoms with Crippen molar-refractivity contribution in [1.82, 2.24) is 4.98 Å². The highest BCUT2D eigenvalue weighted by molar-refractivity contribution is 5.83. The topological polar surface area (TPSA) is 108 Å². The van der Waals surface area contributed by atoms with Crippen molar-refractivity contribution in [1.29, 1.82) is 0 Å². The lowest BCUT2D eigenvalue weighted by molar-refractivity contribution is -0.320. The van der Waals surface area contributed by atoms with E-state index in [0.29, 0.717) is 39.4 Å².